The van der Waals surface area contributed by atoms with Crippen LogP contribution in [0.25, 0.3) is 11.6 Å². The van der Waals surface area contributed by atoms with Gasteiger partial charge in [0.2, 0.25) is 11.8 Å². The molecule has 13 heteroatoms. The Balaban J connectivity index is 1.30. The average molecular weight is 691 g/mol. The highest BCUT2D eigenvalue weighted by Crippen LogP contribution is 2.52. The number of amides is 2. The molecule has 0 saturated carbocycles. The number of nitrogens with zero attached hydrogens (tertiary/aromatic N) is 2. The summed E-state index contributed by atoms with van der Waals surface area (Å²) in [6.45, 7) is 1.96. The summed E-state index contributed by atoms with van der Waals surface area (Å²) < 4.78 is 88.0. The molecule has 4 atom stereocenters. The number of alkyl halides is 6. The van der Waals surface area contributed by atoms with Gasteiger partial charge in [0.15, 0.2) is 0 Å². The third-order valence-electron chi connectivity index (χ3n) is 9.25. The van der Waals surface area contributed by atoms with Crippen molar-refractivity contribution in [1.82, 2.24) is 4.98 Å². The molecule has 0 bridgehead atoms. The van der Waals surface area contributed by atoms with E-state index in [0.29, 0.717) is 52.6 Å². The molecule has 1 aromatic heterocycles. The number of carbonyl (C=O) groups is 2. The normalized spacial score (nSPS) is 23.2. The molecular formula is C35H29ClF6N2O4. The highest BCUT2D eigenvalue weighted by atomic mass is 35.5. The Kier molecular flexibility index (Phi) is 8.93. The molecule has 3 aliphatic rings. The number of pyridine rings is 1. The Labute approximate surface area is 276 Å². The molecule has 2 amide bonds. The summed E-state index contributed by atoms with van der Waals surface area (Å²) in [5, 5.41) is 10.1. The molecule has 2 saturated heterocycles. The van der Waals surface area contributed by atoms with Crippen LogP contribution in [0.5, 0.6) is 5.75 Å². The number of halogens is 7. The first kappa shape index (κ1) is 33.7. The first-order valence-electron chi connectivity index (χ1n) is 15.3. The van der Waals surface area contributed by atoms with Crippen molar-refractivity contribution in [2.75, 3.05) is 11.5 Å². The fourth-order valence-electron chi connectivity index (χ4n) is 7.07. The molecule has 2 fully saturated rings. The van der Waals surface area contributed by atoms with Crippen molar-refractivity contribution in [2.45, 2.75) is 51.1 Å². The van der Waals surface area contributed by atoms with Crippen LogP contribution in [0, 0.1) is 17.8 Å². The van der Waals surface area contributed by atoms with Crippen LogP contribution in [0.4, 0.5) is 32.0 Å². The molecular weight excluding hydrogens is 662 g/mol. The fraction of sp³-hybridized carbons (Fsp3) is 0.343. The average Bonchev–Trinajstić information content (AvgIpc) is 3.57. The zero-order valence-corrected chi connectivity index (χ0v) is 26.2. The number of hydrogen-bond donors (Lipinski definition) is 1. The molecule has 6 rings (SSSR count). The highest BCUT2D eigenvalue weighted by Gasteiger charge is 2.57. The van der Waals surface area contributed by atoms with E-state index in [-0.39, 0.29) is 24.8 Å². The van der Waals surface area contributed by atoms with E-state index in [9.17, 15) is 41.0 Å². The zero-order valence-electron chi connectivity index (χ0n) is 25.4. The standard InChI is InChI=1S/C35H29ClF6N2O4/c1-2-18-12-25-31(33(47)44(32(25)46)23-14-21(34(37,38)39)13-22(15-23)35(40,41)42)26-17-48-29(30(18)26)9-7-20(28-5-3-4-10-43-28)11-19-6-8-24(45)16-27(19)36/h3-6,8,10-11,13-16,25-26,29,31,45H,2,7,9,12,17H2,1H3/b20-11-/t25-,26+,29-,31-/m1/s1. The maximum Gasteiger partial charge on any atom is 0.416 e. The molecule has 1 aliphatic carbocycles. The van der Waals surface area contributed by atoms with Gasteiger partial charge >= 0.3 is 12.4 Å². The number of fused-ring (bicyclic) bond motifs is 3. The van der Waals surface area contributed by atoms with E-state index in [0.717, 1.165) is 16.7 Å². The van der Waals surface area contributed by atoms with E-state index in [4.69, 9.17) is 16.3 Å². The Morgan fingerprint density at radius 1 is 1.00 bits per heavy atom. The van der Waals surface area contributed by atoms with Gasteiger partial charge < -0.3 is 9.84 Å². The number of ether oxygens (including phenoxy) is 1. The van der Waals surface area contributed by atoms with Crippen LogP contribution in [-0.4, -0.2) is 34.6 Å². The number of carbonyl (C=O) groups excluding carboxylic acids is 2. The van der Waals surface area contributed by atoms with E-state index in [2.05, 4.69) is 4.98 Å². The minimum absolute atomic E-state index is 0.0175. The molecule has 2 aromatic carbocycles. The predicted molar refractivity (Wildman–Crippen MR) is 166 cm³/mol. The van der Waals surface area contributed by atoms with Crippen molar-refractivity contribution in [3.8, 4) is 5.75 Å². The van der Waals surface area contributed by atoms with Gasteiger partial charge in [0.05, 0.1) is 52.1 Å². The molecule has 6 nitrogen and oxygen atoms in total. The Morgan fingerprint density at radius 3 is 2.31 bits per heavy atom. The first-order chi connectivity index (χ1) is 22.7. The Morgan fingerprint density at radius 2 is 1.71 bits per heavy atom. The van der Waals surface area contributed by atoms with Gasteiger partial charge in [0.25, 0.3) is 0 Å². The quantitative estimate of drug-likeness (QED) is 0.152. The SMILES string of the molecule is CCC1=C2[C@@H](CC/C(=C/c3ccc(O)cc3Cl)c3ccccn3)OC[C@@H]2[C@@H]2C(=O)N(c3cc(C(F)(F)F)cc(C(F)(F)F)c3)C(=O)[C@@H]2C1. The number of aromatic hydroxyl groups is 1. The molecule has 48 heavy (non-hydrogen) atoms. The van der Waals surface area contributed by atoms with Crippen LogP contribution in [0.2, 0.25) is 5.02 Å². The predicted octanol–water partition coefficient (Wildman–Crippen LogP) is 8.73. The summed E-state index contributed by atoms with van der Waals surface area (Å²) in [6.07, 6.45) is -5.62. The van der Waals surface area contributed by atoms with Crippen molar-refractivity contribution >= 4 is 40.8 Å². The molecule has 0 radical (unpaired) electrons. The lowest BCUT2D eigenvalue weighted by molar-refractivity contribution is -0.143. The fourth-order valence-corrected chi connectivity index (χ4v) is 7.30. The molecule has 0 spiro atoms. The van der Waals surface area contributed by atoms with Crippen molar-refractivity contribution in [3.05, 3.63) is 99.3 Å². The zero-order chi connectivity index (χ0) is 34.5. The minimum atomic E-state index is -5.14. The van der Waals surface area contributed by atoms with Gasteiger partial charge in [-0.1, -0.05) is 30.2 Å². The number of aromatic nitrogens is 1. The van der Waals surface area contributed by atoms with Gasteiger partial charge in [-0.05, 0) is 97.0 Å². The van der Waals surface area contributed by atoms with Gasteiger partial charge in [0.1, 0.15) is 5.75 Å². The van der Waals surface area contributed by atoms with Crippen molar-refractivity contribution < 1.29 is 45.8 Å². The van der Waals surface area contributed by atoms with Gasteiger partial charge in [-0.2, -0.15) is 26.3 Å². The monoisotopic (exact) mass is 690 g/mol. The van der Waals surface area contributed by atoms with Crippen LogP contribution in [-0.2, 0) is 26.7 Å². The molecule has 2 aliphatic heterocycles. The number of hydrogen-bond acceptors (Lipinski definition) is 5. The molecule has 1 N–H and O–H groups in total. The second kappa shape index (κ2) is 12.7. The van der Waals surface area contributed by atoms with Gasteiger partial charge in [0, 0.05) is 12.1 Å². The number of anilines is 1. The van der Waals surface area contributed by atoms with Crippen LogP contribution in [0.3, 0.4) is 0 Å². The van der Waals surface area contributed by atoms with E-state index in [1.807, 2.05) is 25.1 Å². The van der Waals surface area contributed by atoms with Crippen molar-refractivity contribution in [2.24, 2.45) is 17.8 Å². The van der Waals surface area contributed by atoms with Crippen molar-refractivity contribution in [1.29, 1.82) is 0 Å². The van der Waals surface area contributed by atoms with Crippen LogP contribution in [0.15, 0.2) is 71.9 Å². The van der Waals surface area contributed by atoms with Gasteiger partial charge in [-0.3, -0.25) is 14.6 Å². The topological polar surface area (TPSA) is 79.7 Å². The lowest BCUT2D eigenvalue weighted by atomic mass is 9.69. The number of benzene rings is 2. The van der Waals surface area contributed by atoms with Crippen LogP contribution in [0.1, 0.15) is 55.0 Å². The summed E-state index contributed by atoms with van der Waals surface area (Å²) in [7, 11) is 0. The van der Waals surface area contributed by atoms with E-state index in [1.54, 1.807) is 18.3 Å². The molecule has 3 aromatic rings. The second-order valence-corrected chi connectivity index (χ2v) is 12.5. The molecule has 0 unspecified atom stereocenters. The van der Waals surface area contributed by atoms with E-state index >= 15 is 0 Å². The van der Waals surface area contributed by atoms with E-state index < -0.39 is 64.8 Å². The number of phenols is 1. The smallest absolute Gasteiger partial charge is 0.416 e. The summed E-state index contributed by atoms with van der Waals surface area (Å²) in [4.78, 5) is 32.5. The first-order valence-corrected chi connectivity index (χ1v) is 15.7. The number of imide groups is 1. The van der Waals surface area contributed by atoms with Crippen LogP contribution < -0.4 is 4.90 Å². The summed E-state index contributed by atoms with van der Waals surface area (Å²) in [6, 6.07) is 10.9. The van der Waals surface area contributed by atoms with E-state index in [1.165, 1.54) is 12.1 Å². The lowest BCUT2D eigenvalue weighted by Crippen LogP contribution is -2.34. The van der Waals surface area contributed by atoms with Gasteiger partial charge in [-0.15, -0.1) is 0 Å². The number of allylic oxidation sites excluding steroid dienone is 2. The summed E-state index contributed by atoms with van der Waals surface area (Å²) in [5.74, 6) is -4.13. The summed E-state index contributed by atoms with van der Waals surface area (Å²) in [5.41, 5.74) is -0.0538. The Hall–Kier alpha value is -4.16. The maximum atomic E-state index is 13.8. The van der Waals surface area contributed by atoms with Gasteiger partial charge in [-0.25, -0.2) is 4.90 Å². The molecule has 252 valence electrons. The van der Waals surface area contributed by atoms with Crippen LogP contribution >= 0.6 is 11.6 Å². The highest BCUT2D eigenvalue weighted by molar-refractivity contribution is 6.32. The molecule has 3 heterocycles. The maximum absolute atomic E-state index is 13.8. The largest absolute Gasteiger partial charge is 0.508 e. The Bertz CT molecular complexity index is 1790. The number of rotatable bonds is 7. The number of phenolic OH excluding ortho intramolecular Hbond substituents is 1. The lowest BCUT2D eigenvalue weighted by Gasteiger charge is -2.31. The van der Waals surface area contributed by atoms with Crippen molar-refractivity contribution in [3.63, 3.8) is 0 Å². The third kappa shape index (κ3) is 6.35. The summed E-state index contributed by atoms with van der Waals surface area (Å²) >= 11 is 6.38. The third-order valence-corrected chi connectivity index (χ3v) is 9.58. The minimum Gasteiger partial charge on any atom is -0.508 e. The second-order valence-electron chi connectivity index (χ2n) is 12.1.